The monoisotopic (exact) mass is 566 g/mol. The van der Waals surface area contributed by atoms with Crippen LogP contribution in [-0.4, -0.2) is 64.3 Å². The summed E-state index contributed by atoms with van der Waals surface area (Å²) in [7, 11) is -16.9. The maximum Gasteiger partial charge on any atom is 0.490 e. The molecule has 0 radical (unpaired) electrons. The van der Waals surface area contributed by atoms with E-state index in [0.29, 0.717) is 0 Å². The Morgan fingerprint density at radius 1 is 1.11 bits per heavy atom. The number of phosphoric acid groups is 3. The highest BCUT2D eigenvalue weighted by Crippen LogP contribution is 2.66. The first-order valence-corrected chi connectivity index (χ1v) is 13.3. The largest absolute Gasteiger partial charge is 0.490 e. The van der Waals surface area contributed by atoms with Crippen molar-refractivity contribution in [3.05, 3.63) is 44.9 Å². The number of rotatable bonds is 10. The number of aliphatic hydroxyl groups is 2. The smallest absolute Gasteiger partial charge is 0.405 e. The van der Waals surface area contributed by atoms with Crippen LogP contribution in [0, 0.1) is 11.8 Å². The summed E-state index contributed by atoms with van der Waals surface area (Å²) in [5.41, 5.74) is 3.48. The lowest BCUT2D eigenvalue weighted by Gasteiger charge is -2.19. The third kappa shape index (κ3) is 9.18. The number of nitrogens with two attached hydrogens (primary N) is 1. The molecule has 1 fully saturated rings. The Kier molecular flexibility index (Phi) is 10.9. The third-order valence-electron chi connectivity index (χ3n) is 3.94. The van der Waals surface area contributed by atoms with Gasteiger partial charge in [0, 0.05) is 18.3 Å². The van der Waals surface area contributed by atoms with E-state index in [1.54, 1.807) is 0 Å². The SMILES string of the molecule is C#N.NC=CCc1cn([C@@H]2O[C@H](COP(=O)(O)OP(=O)(O)OP(=O)(O)O)[C@@H](O)[C@H]2O)c(=O)[nH]c1=O. The molecule has 0 amide bonds. The molecule has 1 saturated heterocycles. The Balaban J connectivity index is 0.00000298. The van der Waals surface area contributed by atoms with Crippen LogP contribution in [-0.2, 0) is 38.0 Å². The molecule has 22 heteroatoms. The lowest BCUT2D eigenvalue weighted by Crippen LogP contribution is -2.38. The number of aromatic amines is 1. The summed E-state index contributed by atoms with van der Waals surface area (Å²) < 4.78 is 51.1. The number of hydrogen-bond donors (Lipinski definition) is 8. The van der Waals surface area contributed by atoms with Crippen LogP contribution < -0.4 is 17.0 Å². The number of nitrogens with zero attached hydrogens (tertiary/aromatic N) is 2. The number of aliphatic hydroxyl groups excluding tert-OH is 2. The van der Waals surface area contributed by atoms with Crippen LogP contribution in [0.3, 0.4) is 0 Å². The average Bonchev–Trinajstić information content (AvgIpc) is 2.99. The molecule has 9 N–H and O–H groups in total. The molecule has 1 aliphatic heterocycles. The van der Waals surface area contributed by atoms with Gasteiger partial charge in [-0.05, 0) is 12.6 Å². The van der Waals surface area contributed by atoms with Gasteiger partial charge in [0.15, 0.2) is 6.23 Å². The Morgan fingerprint density at radius 2 is 1.71 bits per heavy atom. The summed E-state index contributed by atoms with van der Waals surface area (Å²) in [5, 5.41) is 26.8. The van der Waals surface area contributed by atoms with Crippen molar-refractivity contribution in [3.8, 4) is 6.57 Å². The summed E-state index contributed by atoms with van der Waals surface area (Å²) in [6.45, 7) is 2.43. The zero-order valence-corrected chi connectivity index (χ0v) is 19.9. The van der Waals surface area contributed by atoms with Crippen molar-refractivity contribution in [2.24, 2.45) is 5.73 Å². The standard InChI is InChI=1S/C12H20N3O15P3.CHN/c13-3-1-2-6-4-15(12(19)14-10(6)18)11-9(17)8(16)7(28-11)5-27-32(23,24)30-33(25,26)29-31(20,21)22;1-2/h1,3-4,7-9,11,16-17H,2,5,13H2,(H,23,24)(H,25,26)(H,14,18,19)(H2,20,21,22);1H/t7-,8-,9-,11-;/m1./s1. The maximum atomic E-state index is 12.1. The zero-order valence-electron chi connectivity index (χ0n) is 17.2. The summed E-state index contributed by atoms with van der Waals surface area (Å²) in [6, 6.07) is 0. The Labute approximate surface area is 195 Å². The third-order valence-corrected chi connectivity index (χ3v) is 7.75. The molecule has 2 heterocycles. The number of phosphoric ester groups is 1. The summed E-state index contributed by atoms with van der Waals surface area (Å²) >= 11 is 0. The first-order valence-electron chi connectivity index (χ1n) is 8.82. The first-order chi connectivity index (χ1) is 16.1. The predicted molar refractivity (Wildman–Crippen MR) is 111 cm³/mol. The molecular formula is C13H21N4O15P3. The Hall–Kier alpha value is -2.00. The lowest BCUT2D eigenvalue weighted by atomic mass is 10.1. The number of hydrogen-bond acceptors (Lipinski definition) is 13. The maximum absolute atomic E-state index is 12.1. The second-order valence-electron chi connectivity index (χ2n) is 6.39. The molecule has 1 aromatic rings. The van der Waals surface area contributed by atoms with Gasteiger partial charge in [0.1, 0.15) is 18.3 Å². The molecule has 2 rings (SSSR count). The second kappa shape index (κ2) is 12.3. The fourth-order valence-electron chi connectivity index (χ4n) is 2.62. The van der Waals surface area contributed by atoms with Crippen molar-refractivity contribution in [3.63, 3.8) is 0 Å². The molecule has 0 spiro atoms. The van der Waals surface area contributed by atoms with E-state index in [2.05, 4.69) is 19.7 Å². The highest BCUT2D eigenvalue weighted by Gasteiger charge is 2.46. The molecule has 1 aliphatic rings. The summed E-state index contributed by atoms with van der Waals surface area (Å²) in [5.74, 6) is 0. The minimum atomic E-state index is -5.76. The molecule has 6 atom stereocenters. The quantitative estimate of drug-likeness (QED) is 0.137. The molecule has 19 nitrogen and oxygen atoms in total. The molecule has 2 unspecified atom stereocenters. The zero-order chi connectivity index (χ0) is 27.2. The fraction of sp³-hybridized carbons (Fsp3) is 0.462. The highest BCUT2D eigenvalue weighted by molar-refractivity contribution is 7.66. The number of nitrogens with one attached hydrogen (secondary N) is 1. The van der Waals surface area contributed by atoms with Crippen molar-refractivity contribution in [2.45, 2.75) is 31.0 Å². The molecule has 0 aliphatic carbocycles. The minimum Gasteiger partial charge on any atom is -0.405 e. The van der Waals surface area contributed by atoms with Gasteiger partial charge in [-0.1, -0.05) is 6.08 Å². The van der Waals surface area contributed by atoms with E-state index in [0.717, 1.165) is 17.0 Å². The van der Waals surface area contributed by atoms with Crippen molar-refractivity contribution in [1.29, 1.82) is 5.26 Å². The van der Waals surface area contributed by atoms with Crippen LogP contribution in [0.2, 0.25) is 0 Å². The van der Waals surface area contributed by atoms with Crippen molar-refractivity contribution in [2.75, 3.05) is 6.61 Å². The van der Waals surface area contributed by atoms with Gasteiger partial charge in [-0.25, -0.2) is 23.8 Å². The number of aromatic nitrogens is 2. The highest BCUT2D eigenvalue weighted by atomic mass is 31.3. The number of nitriles is 1. The van der Waals surface area contributed by atoms with Crippen LogP contribution in [0.4, 0.5) is 0 Å². The molecule has 198 valence electrons. The molecule has 0 aromatic carbocycles. The molecular weight excluding hydrogens is 545 g/mol. The molecule has 0 saturated carbocycles. The van der Waals surface area contributed by atoms with Crippen LogP contribution >= 0.6 is 23.5 Å². The number of allylic oxidation sites excluding steroid dienone is 1. The van der Waals surface area contributed by atoms with E-state index in [4.69, 9.17) is 30.4 Å². The van der Waals surface area contributed by atoms with Gasteiger partial charge < -0.3 is 40.3 Å². The van der Waals surface area contributed by atoms with Gasteiger partial charge in [0.25, 0.3) is 5.56 Å². The molecule has 0 bridgehead atoms. The lowest BCUT2D eigenvalue weighted by molar-refractivity contribution is -0.0543. The van der Waals surface area contributed by atoms with E-state index in [1.165, 1.54) is 6.08 Å². The molecule has 1 aromatic heterocycles. The Bertz CT molecular complexity index is 1190. The first kappa shape index (κ1) is 31.0. The van der Waals surface area contributed by atoms with E-state index in [1.807, 2.05) is 4.98 Å². The average molecular weight is 566 g/mol. The number of H-pyrrole nitrogens is 1. The topological polar surface area (TPSA) is 314 Å². The second-order valence-corrected chi connectivity index (χ2v) is 10.8. The van der Waals surface area contributed by atoms with Crippen molar-refractivity contribution in [1.82, 2.24) is 9.55 Å². The normalized spacial score (nSPS) is 25.9. The van der Waals surface area contributed by atoms with Crippen LogP contribution in [0.5, 0.6) is 0 Å². The van der Waals surface area contributed by atoms with Crippen molar-refractivity contribution < 1.29 is 61.4 Å². The van der Waals surface area contributed by atoms with Crippen LogP contribution in [0.25, 0.3) is 0 Å². The number of ether oxygens (including phenoxy) is 1. The van der Waals surface area contributed by atoms with Gasteiger partial charge in [-0.15, -0.1) is 0 Å². The Morgan fingerprint density at radius 3 is 2.26 bits per heavy atom. The summed E-state index contributed by atoms with van der Waals surface area (Å²) in [4.78, 5) is 61.5. The predicted octanol–water partition coefficient (Wildman–Crippen LogP) is -2.35. The fourth-order valence-corrected chi connectivity index (χ4v) is 5.65. The van der Waals surface area contributed by atoms with Gasteiger partial charge in [-0.3, -0.25) is 18.9 Å². The van der Waals surface area contributed by atoms with Gasteiger partial charge in [0.05, 0.1) is 6.61 Å². The van der Waals surface area contributed by atoms with Crippen LogP contribution in [0.1, 0.15) is 11.8 Å². The molecule has 35 heavy (non-hydrogen) atoms. The van der Waals surface area contributed by atoms with Gasteiger partial charge in [-0.2, -0.15) is 8.62 Å². The van der Waals surface area contributed by atoms with Gasteiger partial charge in [0.2, 0.25) is 0 Å². The summed E-state index contributed by atoms with van der Waals surface area (Å²) in [6.07, 6.45) is -3.25. The minimum absolute atomic E-state index is 0.00690. The van der Waals surface area contributed by atoms with E-state index < -0.39 is 65.9 Å². The van der Waals surface area contributed by atoms with Crippen molar-refractivity contribution >= 4 is 23.5 Å². The van der Waals surface area contributed by atoms with E-state index in [9.17, 15) is 38.4 Å². The van der Waals surface area contributed by atoms with Gasteiger partial charge >= 0.3 is 29.2 Å². The van der Waals surface area contributed by atoms with E-state index >= 15 is 0 Å². The van der Waals surface area contributed by atoms with Crippen LogP contribution in [0.15, 0.2) is 28.1 Å². The van der Waals surface area contributed by atoms with E-state index in [-0.39, 0.29) is 12.0 Å².